The Labute approximate surface area is 191 Å². The van der Waals surface area contributed by atoms with E-state index in [4.69, 9.17) is 4.74 Å². The summed E-state index contributed by atoms with van der Waals surface area (Å²) in [4.78, 5) is 2.56. The molecule has 32 heavy (non-hydrogen) atoms. The van der Waals surface area contributed by atoms with Gasteiger partial charge in [-0.15, -0.1) is 0 Å². The first-order valence-corrected chi connectivity index (χ1v) is 13.0. The Hall–Kier alpha value is -2.40. The third-order valence-corrected chi connectivity index (χ3v) is 8.45. The van der Waals surface area contributed by atoms with Gasteiger partial charge in [-0.05, 0) is 68.5 Å². The van der Waals surface area contributed by atoms with Gasteiger partial charge >= 0.3 is 0 Å². The fraction of sp³-hybridized carbons (Fsp3) is 0.480. The standard InChI is InChI=1S/C25H31N3O3S/c26-20-22-8-1-2-11-25(22)32(29,30)28-15-6-18-31-24-10-5-7-21(19-24)12-13-23-9-3-4-14-27(23)16-17-28/h1-2,5,7-8,10-11,19,23H,3-4,6,9,12-18H2. The molecule has 0 aliphatic carbocycles. The lowest BCUT2D eigenvalue weighted by molar-refractivity contribution is 0.131. The summed E-state index contributed by atoms with van der Waals surface area (Å²) in [6, 6.07) is 17.2. The second-order valence-corrected chi connectivity index (χ2v) is 10.5. The van der Waals surface area contributed by atoms with E-state index in [0.29, 0.717) is 38.7 Å². The maximum atomic E-state index is 13.5. The number of nitriles is 1. The molecule has 2 aliphatic heterocycles. The maximum absolute atomic E-state index is 13.5. The number of rotatable bonds is 2. The Balaban J connectivity index is 1.60. The molecule has 0 aromatic heterocycles. The van der Waals surface area contributed by atoms with Crippen molar-refractivity contribution in [2.45, 2.75) is 49.5 Å². The zero-order valence-corrected chi connectivity index (χ0v) is 19.3. The molecule has 2 heterocycles. The number of hydrogen-bond acceptors (Lipinski definition) is 5. The van der Waals surface area contributed by atoms with Crippen molar-refractivity contribution in [3.8, 4) is 11.8 Å². The smallest absolute Gasteiger partial charge is 0.244 e. The van der Waals surface area contributed by atoms with Crippen LogP contribution in [0.4, 0.5) is 0 Å². The van der Waals surface area contributed by atoms with Gasteiger partial charge in [-0.25, -0.2) is 8.42 Å². The van der Waals surface area contributed by atoms with Crippen LogP contribution in [-0.4, -0.2) is 56.5 Å². The van der Waals surface area contributed by atoms with E-state index in [1.165, 1.54) is 18.1 Å². The average molecular weight is 454 g/mol. The highest BCUT2D eigenvalue weighted by atomic mass is 32.2. The summed E-state index contributed by atoms with van der Waals surface area (Å²) in [5, 5.41) is 9.45. The minimum absolute atomic E-state index is 0.0902. The normalized spacial score (nSPS) is 21.5. The third-order valence-electron chi connectivity index (χ3n) is 6.50. The maximum Gasteiger partial charge on any atom is 0.244 e. The predicted octanol–water partition coefficient (Wildman–Crippen LogP) is 3.82. The first-order valence-electron chi connectivity index (χ1n) is 11.5. The lowest BCUT2D eigenvalue weighted by atomic mass is 9.95. The summed E-state index contributed by atoms with van der Waals surface area (Å²) in [6.07, 6.45) is 6.18. The van der Waals surface area contributed by atoms with Gasteiger partial charge in [0.15, 0.2) is 0 Å². The van der Waals surface area contributed by atoms with Crippen LogP contribution < -0.4 is 4.74 Å². The summed E-state index contributed by atoms with van der Waals surface area (Å²) in [6.45, 7) is 2.95. The van der Waals surface area contributed by atoms with E-state index < -0.39 is 10.0 Å². The first kappa shape index (κ1) is 22.8. The molecular formula is C25H31N3O3S. The molecule has 7 heteroatoms. The van der Waals surface area contributed by atoms with Crippen molar-refractivity contribution in [2.24, 2.45) is 0 Å². The van der Waals surface area contributed by atoms with E-state index in [1.807, 2.05) is 18.2 Å². The number of aryl methyl sites for hydroxylation is 1. The molecule has 1 fully saturated rings. The Kier molecular flexibility index (Phi) is 7.46. The molecule has 1 unspecified atom stereocenters. The van der Waals surface area contributed by atoms with Gasteiger partial charge in [0.2, 0.25) is 10.0 Å². The van der Waals surface area contributed by atoms with Gasteiger partial charge in [0.1, 0.15) is 11.8 Å². The molecule has 2 aliphatic rings. The number of benzene rings is 2. The van der Waals surface area contributed by atoms with Gasteiger partial charge in [0.25, 0.3) is 0 Å². The molecule has 0 amide bonds. The van der Waals surface area contributed by atoms with Crippen LogP contribution in [0.3, 0.4) is 0 Å². The second-order valence-electron chi connectivity index (χ2n) is 8.59. The number of sulfonamides is 1. The second kappa shape index (κ2) is 10.5. The van der Waals surface area contributed by atoms with E-state index in [2.05, 4.69) is 17.0 Å². The SMILES string of the molecule is N#Cc1ccccc1S(=O)(=O)N1CCCOc2cccc(c2)CCC2CCCCN2CC1. The van der Waals surface area contributed by atoms with Gasteiger partial charge in [-0.1, -0.05) is 30.7 Å². The van der Waals surface area contributed by atoms with Crippen molar-refractivity contribution in [1.82, 2.24) is 9.21 Å². The molecular weight excluding hydrogens is 422 g/mol. The van der Waals surface area contributed by atoms with Crippen LogP contribution in [0, 0.1) is 11.3 Å². The van der Waals surface area contributed by atoms with Crippen LogP contribution in [0.5, 0.6) is 5.75 Å². The molecule has 1 saturated heterocycles. The summed E-state index contributed by atoms with van der Waals surface area (Å²) < 4.78 is 34.5. The highest BCUT2D eigenvalue weighted by Gasteiger charge is 2.29. The number of piperidine rings is 1. The van der Waals surface area contributed by atoms with Crippen LogP contribution in [0.25, 0.3) is 0 Å². The minimum Gasteiger partial charge on any atom is -0.494 e. The number of nitrogens with zero attached hydrogens (tertiary/aromatic N) is 3. The Bertz CT molecular complexity index is 1060. The molecule has 1 atom stereocenters. The van der Waals surface area contributed by atoms with Crippen molar-refractivity contribution in [2.75, 3.05) is 32.8 Å². The van der Waals surface area contributed by atoms with E-state index >= 15 is 0 Å². The van der Waals surface area contributed by atoms with Crippen LogP contribution in [0.15, 0.2) is 53.4 Å². The summed E-state index contributed by atoms with van der Waals surface area (Å²) >= 11 is 0. The van der Waals surface area contributed by atoms with Crippen LogP contribution >= 0.6 is 0 Å². The van der Waals surface area contributed by atoms with Gasteiger partial charge in [-0.2, -0.15) is 9.57 Å². The monoisotopic (exact) mass is 453 g/mol. The molecule has 2 aromatic rings. The molecule has 0 saturated carbocycles. The van der Waals surface area contributed by atoms with Crippen molar-refractivity contribution < 1.29 is 13.2 Å². The number of fused-ring (bicyclic) bond motifs is 3. The lowest BCUT2D eigenvalue weighted by Gasteiger charge is -2.37. The topological polar surface area (TPSA) is 73.6 Å². The molecule has 0 spiro atoms. The average Bonchev–Trinajstić information content (AvgIpc) is 2.82. The van der Waals surface area contributed by atoms with Gasteiger partial charge in [-0.3, -0.25) is 4.90 Å². The minimum atomic E-state index is -3.77. The van der Waals surface area contributed by atoms with E-state index in [-0.39, 0.29) is 10.5 Å². The summed E-state index contributed by atoms with van der Waals surface area (Å²) in [5.41, 5.74) is 1.48. The zero-order chi connectivity index (χ0) is 22.4. The fourth-order valence-corrected chi connectivity index (χ4v) is 6.36. The van der Waals surface area contributed by atoms with Crippen LogP contribution in [-0.2, 0) is 16.4 Å². The zero-order valence-electron chi connectivity index (χ0n) is 18.4. The van der Waals surface area contributed by atoms with Crippen LogP contribution in [0.2, 0.25) is 0 Å². The summed E-state index contributed by atoms with van der Waals surface area (Å²) in [5.74, 6) is 0.837. The Morgan fingerprint density at radius 1 is 0.938 bits per heavy atom. The third kappa shape index (κ3) is 5.32. The number of hydrogen-bond donors (Lipinski definition) is 0. The lowest BCUT2D eigenvalue weighted by Crippen LogP contribution is -2.45. The van der Waals surface area contributed by atoms with Gasteiger partial charge in [0, 0.05) is 25.7 Å². The molecule has 6 nitrogen and oxygen atoms in total. The fourth-order valence-electron chi connectivity index (χ4n) is 4.75. The van der Waals surface area contributed by atoms with Crippen molar-refractivity contribution in [3.05, 3.63) is 59.7 Å². The predicted molar refractivity (Wildman–Crippen MR) is 124 cm³/mol. The van der Waals surface area contributed by atoms with Gasteiger partial charge < -0.3 is 4.74 Å². The Morgan fingerprint density at radius 2 is 1.81 bits per heavy atom. The molecule has 2 bridgehead atoms. The highest BCUT2D eigenvalue weighted by Crippen LogP contribution is 2.25. The highest BCUT2D eigenvalue weighted by molar-refractivity contribution is 7.89. The van der Waals surface area contributed by atoms with E-state index in [9.17, 15) is 13.7 Å². The van der Waals surface area contributed by atoms with Crippen LogP contribution in [0.1, 0.15) is 43.2 Å². The van der Waals surface area contributed by atoms with E-state index in [0.717, 1.165) is 38.0 Å². The van der Waals surface area contributed by atoms with Crippen molar-refractivity contribution in [1.29, 1.82) is 5.26 Å². The first-order chi connectivity index (χ1) is 15.6. The van der Waals surface area contributed by atoms with Crippen molar-refractivity contribution in [3.63, 3.8) is 0 Å². The molecule has 0 radical (unpaired) electrons. The molecule has 170 valence electrons. The Morgan fingerprint density at radius 3 is 2.69 bits per heavy atom. The summed E-state index contributed by atoms with van der Waals surface area (Å²) in [7, 11) is -3.77. The number of ether oxygens (including phenoxy) is 1. The molecule has 2 aromatic carbocycles. The quantitative estimate of drug-likeness (QED) is 0.691. The van der Waals surface area contributed by atoms with Crippen molar-refractivity contribution >= 4 is 10.0 Å². The van der Waals surface area contributed by atoms with Gasteiger partial charge in [0.05, 0.1) is 17.1 Å². The largest absolute Gasteiger partial charge is 0.494 e. The molecule has 0 N–H and O–H groups in total. The molecule has 4 rings (SSSR count). The van der Waals surface area contributed by atoms with E-state index in [1.54, 1.807) is 22.5 Å².